The van der Waals surface area contributed by atoms with Crippen LogP contribution in [0.4, 0.5) is 0 Å². The number of esters is 2. The van der Waals surface area contributed by atoms with Crippen LogP contribution >= 0.6 is 0 Å². The lowest BCUT2D eigenvalue weighted by Crippen LogP contribution is -2.40. The van der Waals surface area contributed by atoms with Crippen molar-refractivity contribution >= 4 is 17.9 Å². The predicted molar refractivity (Wildman–Crippen MR) is 400 cm³/mol. The number of quaternary nitrogens is 1. The molecule has 0 heterocycles. The number of aliphatic carboxylic acids is 1. The molecule has 0 bridgehead atoms. The third-order valence-electron chi connectivity index (χ3n) is 15.8. The number of carboxylic acids is 1. The van der Waals surface area contributed by atoms with Crippen molar-refractivity contribution in [3.63, 3.8) is 0 Å². The summed E-state index contributed by atoms with van der Waals surface area (Å²) in [7, 11) is 5.98. The molecule has 0 fully saturated rings. The first-order chi connectivity index (χ1) is 45.6. The summed E-state index contributed by atoms with van der Waals surface area (Å²) in [5, 5.41) is 9.76. The summed E-state index contributed by atoms with van der Waals surface area (Å²) in [5.41, 5.74) is 0. The molecule has 528 valence electrons. The number of nitrogens with zero attached hydrogens (tertiary/aromatic N) is 1. The van der Waals surface area contributed by atoms with Gasteiger partial charge in [-0.3, -0.25) is 9.59 Å². The van der Waals surface area contributed by atoms with Gasteiger partial charge in [0.15, 0.2) is 6.10 Å². The summed E-state index contributed by atoms with van der Waals surface area (Å²) in [6.45, 7) is 4.66. The Bertz CT molecular complexity index is 2090. The van der Waals surface area contributed by atoms with Crippen LogP contribution in [0.3, 0.4) is 0 Å². The lowest BCUT2D eigenvalue weighted by molar-refractivity contribution is -0.870. The molecule has 2 unspecified atom stereocenters. The highest BCUT2D eigenvalue weighted by atomic mass is 16.7. The number of unbranched alkanes of at least 4 members (excludes halogenated alkanes) is 27. The maximum atomic E-state index is 13.0. The van der Waals surface area contributed by atoms with Gasteiger partial charge < -0.3 is 28.5 Å². The number of hydrogen-bond acceptors (Lipinski definition) is 7. The van der Waals surface area contributed by atoms with Crippen molar-refractivity contribution in [3.05, 3.63) is 158 Å². The second-order valence-corrected chi connectivity index (χ2v) is 25.8. The molecule has 0 aromatic carbocycles. The fourth-order valence-corrected chi connectivity index (χ4v) is 10.1. The molecule has 0 radical (unpaired) electrons. The number of hydrogen-bond donors (Lipinski definition) is 1. The largest absolute Gasteiger partial charge is 0.477 e. The molecule has 1 N–H and O–H groups in total. The van der Waals surface area contributed by atoms with Gasteiger partial charge in [-0.1, -0.05) is 320 Å². The second-order valence-electron chi connectivity index (χ2n) is 25.8. The molecule has 0 saturated heterocycles. The predicted octanol–water partition coefficient (Wildman–Crippen LogP) is 24.0. The monoisotopic (exact) mass is 1290 g/mol. The number of ether oxygens (including phenoxy) is 4. The molecule has 9 heteroatoms. The van der Waals surface area contributed by atoms with Crippen molar-refractivity contribution in [2.75, 3.05) is 47.5 Å². The van der Waals surface area contributed by atoms with E-state index in [2.05, 4.69) is 172 Å². The van der Waals surface area contributed by atoms with E-state index >= 15 is 0 Å². The highest BCUT2D eigenvalue weighted by Crippen LogP contribution is 2.17. The van der Waals surface area contributed by atoms with Crippen molar-refractivity contribution in [1.29, 1.82) is 0 Å². The number of rotatable bonds is 68. The van der Waals surface area contributed by atoms with Crippen LogP contribution in [0.15, 0.2) is 158 Å². The zero-order valence-electron chi connectivity index (χ0n) is 60.4. The van der Waals surface area contributed by atoms with E-state index in [4.69, 9.17) is 18.9 Å². The zero-order valence-corrected chi connectivity index (χ0v) is 60.4. The summed E-state index contributed by atoms with van der Waals surface area (Å²) < 4.78 is 23.0. The summed E-state index contributed by atoms with van der Waals surface area (Å²) in [6, 6.07) is 0. The lowest BCUT2D eigenvalue weighted by atomic mass is 10.0. The minimum Gasteiger partial charge on any atom is -0.477 e. The standard InChI is InChI=1S/C84H139NO8/c1-6-8-10-12-14-16-18-20-22-24-26-28-30-32-34-36-37-38-39-40-41-42-43-44-45-47-49-51-53-55-57-59-61-63-65-67-69-71-73-75-82(87)93-80(79-92-84(83(88)89)90-77-76-85(3,4)5)78-91-81(86)74-72-70-68-66-64-62-60-58-56-54-52-50-48-46-35-33-31-29-27-25-23-21-19-17-15-13-11-9-7-2/h8-11,14-17,20-23,26-29,32,34,37-38,40-41,43-44,47,49,80,84H,6-7,12-13,18-19,24-25,30-31,33,35-36,39,42,45-46,48,50-79H2,1-5H3/p+1/b10-8-,11-9-,16-14-,17-15-,22-20-,23-21-,28-26-,29-27-,34-32-,38-37-,41-40-,44-43-,49-47-. The zero-order chi connectivity index (χ0) is 67.5. The first-order valence-electron chi connectivity index (χ1n) is 37.6. The van der Waals surface area contributed by atoms with E-state index < -0.39 is 24.3 Å². The summed E-state index contributed by atoms with van der Waals surface area (Å²) >= 11 is 0. The summed E-state index contributed by atoms with van der Waals surface area (Å²) in [5.74, 6) is -2.01. The van der Waals surface area contributed by atoms with Gasteiger partial charge in [0.1, 0.15) is 13.2 Å². The van der Waals surface area contributed by atoms with E-state index in [0.717, 1.165) is 128 Å². The molecule has 9 nitrogen and oxygen atoms in total. The summed E-state index contributed by atoms with van der Waals surface area (Å²) in [4.78, 5) is 37.7. The molecule has 2 atom stereocenters. The molecule has 0 amide bonds. The van der Waals surface area contributed by atoms with Gasteiger partial charge in [-0.05, 0) is 122 Å². The molecule has 0 aliphatic rings. The fourth-order valence-electron chi connectivity index (χ4n) is 10.1. The summed E-state index contributed by atoms with van der Waals surface area (Å²) in [6.07, 6.45) is 105. The molecule has 0 aromatic rings. The van der Waals surface area contributed by atoms with Crippen LogP contribution in [-0.4, -0.2) is 87.4 Å². The molecular weight excluding hydrogens is 1150 g/mol. The normalized spacial score (nSPS) is 13.6. The van der Waals surface area contributed by atoms with Crippen LogP contribution in [0.1, 0.15) is 296 Å². The average molecular weight is 1290 g/mol. The average Bonchev–Trinajstić information content (AvgIpc) is 3.38. The highest BCUT2D eigenvalue weighted by Gasteiger charge is 2.25. The van der Waals surface area contributed by atoms with Crippen molar-refractivity contribution in [2.45, 2.75) is 309 Å². The van der Waals surface area contributed by atoms with E-state index in [-0.39, 0.29) is 32.2 Å². The van der Waals surface area contributed by atoms with Gasteiger partial charge in [-0.15, -0.1) is 0 Å². The molecule has 0 aromatic heterocycles. The fraction of sp³-hybridized carbons (Fsp3) is 0.655. The van der Waals surface area contributed by atoms with Crippen molar-refractivity contribution in [2.24, 2.45) is 0 Å². The van der Waals surface area contributed by atoms with E-state index in [9.17, 15) is 19.5 Å². The second kappa shape index (κ2) is 72.7. The molecule has 0 aliphatic carbocycles. The van der Waals surface area contributed by atoms with Gasteiger partial charge in [0.05, 0.1) is 34.4 Å². The van der Waals surface area contributed by atoms with Gasteiger partial charge in [-0.2, -0.15) is 0 Å². The number of carboxylic acid groups (broad SMARTS) is 1. The van der Waals surface area contributed by atoms with Gasteiger partial charge in [-0.25, -0.2) is 4.79 Å². The van der Waals surface area contributed by atoms with Crippen LogP contribution in [0.5, 0.6) is 0 Å². The highest BCUT2D eigenvalue weighted by molar-refractivity contribution is 5.71. The Kier molecular flexibility index (Phi) is 68.8. The van der Waals surface area contributed by atoms with E-state index in [0.29, 0.717) is 23.9 Å². The van der Waals surface area contributed by atoms with Crippen LogP contribution in [0.25, 0.3) is 0 Å². The van der Waals surface area contributed by atoms with Crippen molar-refractivity contribution < 1.29 is 42.9 Å². The minimum absolute atomic E-state index is 0.181. The number of allylic oxidation sites excluding steroid dienone is 26. The Hall–Kier alpha value is -5.09. The van der Waals surface area contributed by atoms with Crippen LogP contribution in [-0.2, 0) is 33.3 Å². The molecule has 0 rings (SSSR count). The third kappa shape index (κ3) is 74.2. The Balaban J connectivity index is 4.12. The van der Waals surface area contributed by atoms with Gasteiger partial charge in [0.2, 0.25) is 0 Å². The van der Waals surface area contributed by atoms with Crippen molar-refractivity contribution in [3.8, 4) is 0 Å². The Morgan fingerprint density at radius 2 is 0.581 bits per heavy atom. The Labute approximate surface area is 572 Å². The quantitative estimate of drug-likeness (QED) is 0.0211. The molecule has 93 heavy (non-hydrogen) atoms. The first-order valence-corrected chi connectivity index (χ1v) is 37.6. The molecule has 0 saturated carbocycles. The number of likely N-dealkylation sites (N-methyl/N-ethyl adjacent to an activating group) is 1. The topological polar surface area (TPSA) is 108 Å². The molecular formula is C84H140NO8+. The Morgan fingerprint density at radius 1 is 0.323 bits per heavy atom. The first kappa shape index (κ1) is 87.9. The minimum atomic E-state index is -1.52. The van der Waals surface area contributed by atoms with Crippen LogP contribution < -0.4 is 0 Å². The molecule has 0 aliphatic heterocycles. The lowest BCUT2D eigenvalue weighted by Gasteiger charge is -2.25. The van der Waals surface area contributed by atoms with Crippen molar-refractivity contribution in [1.82, 2.24) is 0 Å². The number of carbonyl (C=O) groups excluding carboxylic acids is 2. The Morgan fingerprint density at radius 3 is 0.860 bits per heavy atom. The van der Waals surface area contributed by atoms with Crippen LogP contribution in [0.2, 0.25) is 0 Å². The van der Waals surface area contributed by atoms with E-state index in [1.807, 2.05) is 21.1 Å². The van der Waals surface area contributed by atoms with Gasteiger partial charge >= 0.3 is 17.9 Å². The maximum Gasteiger partial charge on any atom is 0.361 e. The van der Waals surface area contributed by atoms with E-state index in [1.165, 1.54) is 135 Å². The number of carbonyl (C=O) groups is 3. The smallest absolute Gasteiger partial charge is 0.361 e. The van der Waals surface area contributed by atoms with Gasteiger partial charge in [0, 0.05) is 12.8 Å². The van der Waals surface area contributed by atoms with Gasteiger partial charge in [0.25, 0.3) is 6.29 Å². The van der Waals surface area contributed by atoms with E-state index in [1.54, 1.807) is 0 Å². The third-order valence-corrected chi connectivity index (χ3v) is 15.8. The van der Waals surface area contributed by atoms with Crippen LogP contribution in [0, 0.1) is 0 Å². The maximum absolute atomic E-state index is 13.0. The SMILES string of the molecule is CC/C=C\C/C=C\C/C=C\C/C=C\C/C=C\C/C=C\C/C=C\C/C=C\C/C=C\CCCCCCCCCCCCCC(=O)OC(COC(=O)CCCCCCCCCCCCCCCCCC/C=C\C/C=C\C/C=C\C/C=C\CC)COC(OCC[N+](C)(C)C)C(=O)O. The molecule has 0 spiro atoms.